The summed E-state index contributed by atoms with van der Waals surface area (Å²) in [7, 11) is 1.71. The van der Waals surface area contributed by atoms with Gasteiger partial charge >= 0.3 is 0 Å². The molecule has 0 saturated heterocycles. The van der Waals surface area contributed by atoms with Crippen LogP contribution in [0.1, 0.15) is 31.2 Å². The molecule has 2 aliphatic rings. The largest absolute Gasteiger partial charge is 0.497 e. The van der Waals surface area contributed by atoms with Crippen molar-refractivity contribution in [1.82, 2.24) is 0 Å². The van der Waals surface area contributed by atoms with Crippen LogP contribution >= 0.6 is 0 Å². The van der Waals surface area contributed by atoms with Crippen LogP contribution in [-0.2, 0) is 0 Å². The van der Waals surface area contributed by atoms with Crippen molar-refractivity contribution in [2.24, 2.45) is 5.41 Å². The Labute approximate surface area is 90.2 Å². The molecular weight excluding hydrogens is 188 g/mol. The first kappa shape index (κ1) is 9.08. The van der Waals surface area contributed by atoms with Crippen molar-refractivity contribution in [2.45, 2.75) is 25.7 Å². The fourth-order valence-corrected chi connectivity index (χ4v) is 2.79. The predicted molar refractivity (Wildman–Crippen MR) is 58.6 cm³/mol. The van der Waals surface area contributed by atoms with Crippen molar-refractivity contribution in [3.63, 3.8) is 0 Å². The van der Waals surface area contributed by atoms with Crippen molar-refractivity contribution in [3.05, 3.63) is 23.8 Å². The maximum atomic E-state index is 5.80. The van der Waals surface area contributed by atoms with Gasteiger partial charge < -0.3 is 9.47 Å². The molecule has 0 radical (unpaired) electrons. The van der Waals surface area contributed by atoms with E-state index in [0.29, 0.717) is 11.3 Å². The van der Waals surface area contributed by atoms with Crippen LogP contribution in [0.15, 0.2) is 18.2 Å². The van der Waals surface area contributed by atoms with Crippen LogP contribution in [0, 0.1) is 5.41 Å². The molecule has 3 rings (SSSR count). The SMILES string of the molecule is COc1ccc2c(c1)C1CCC1(C)CO2. The predicted octanol–water partition coefficient (Wildman–Crippen LogP) is 2.97. The maximum Gasteiger partial charge on any atom is 0.123 e. The minimum atomic E-state index is 0.374. The van der Waals surface area contributed by atoms with Gasteiger partial charge in [-0.05, 0) is 37.0 Å². The van der Waals surface area contributed by atoms with Gasteiger partial charge in [0.1, 0.15) is 11.5 Å². The minimum Gasteiger partial charge on any atom is -0.497 e. The van der Waals surface area contributed by atoms with Gasteiger partial charge in [-0.15, -0.1) is 0 Å². The Morgan fingerprint density at radius 1 is 1.47 bits per heavy atom. The molecule has 0 amide bonds. The van der Waals surface area contributed by atoms with E-state index in [1.807, 2.05) is 12.1 Å². The zero-order valence-corrected chi connectivity index (χ0v) is 9.25. The molecule has 2 nitrogen and oxygen atoms in total. The first-order chi connectivity index (χ1) is 7.23. The molecule has 1 saturated carbocycles. The average molecular weight is 204 g/mol. The monoisotopic (exact) mass is 204 g/mol. The van der Waals surface area contributed by atoms with Gasteiger partial charge in [0, 0.05) is 11.0 Å². The number of benzene rings is 1. The standard InChI is InChI=1S/C13H16O2/c1-13-6-5-11(13)10-7-9(14-2)3-4-12(10)15-8-13/h3-4,7,11H,5-6,8H2,1-2H3. The third kappa shape index (κ3) is 1.17. The highest BCUT2D eigenvalue weighted by Gasteiger charge is 2.47. The summed E-state index contributed by atoms with van der Waals surface area (Å²) >= 11 is 0. The van der Waals surface area contributed by atoms with Gasteiger partial charge in [0.15, 0.2) is 0 Å². The van der Waals surface area contributed by atoms with E-state index in [2.05, 4.69) is 13.0 Å². The van der Waals surface area contributed by atoms with Crippen LogP contribution in [0.3, 0.4) is 0 Å². The molecule has 0 aromatic heterocycles. The van der Waals surface area contributed by atoms with Crippen LogP contribution in [0.4, 0.5) is 0 Å². The third-order valence-electron chi connectivity index (χ3n) is 4.00. The summed E-state index contributed by atoms with van der Waals surface area (Å²) in [6.45, 7) is 3.20. The fraction of sp³-hybridized carbons (Fsp3) is 0.538. The second-order valence-corrected chi connectivity index (χ2v) is 4.94. The number of ether oxygens (including phenoxy) is 2. The van der Waals surface area contributed by atoms with E-state index < -0.39 is 0 Å². The molecule has 1 aliphatic heterocycles. The lowest BCUT2D eigenvalue weighted by molar-refractivity contribution is 0.0232. The Morgan fingerprint density at radius 3 is 3.00 bits per heavy atom. The van der Waals surface area contributed by atoms with E-state index in [0.717, 1.165) is 18.1 Å². The Bertz CT molecular complexity index is 400. The van der Waals surface area contributed by atoms with Gasteiger partial charge in [0.2, 0.25) is 0 Å². The van der Waals surface area contributed by atoms with Crippen molar-refractivity contribution in [1.29, 1.82) is 0 Å². The zero-order chi connectivity index (χ0) is 10.5. The molecule has 2 heteroatoms. The first-order valence-corrected chi connectivity index (χ1v) is 5.54. The number of fused-ring (bicyclic) bond motifs is 3. The Balaban J connectivity index is 2.05. The van der Waals surface area contributed by atoms with Crippen LogP contribution in [0.2, 0.25) is 0 Å². The van der Waals surface area contributed by atoms with Crippen molar-refractivity contribution in [2.75, 3.05) is 13.7 Å². The highest BCUT2D eigenvalue weighted by molar-refractivity contribution is 5.46. The molecule has 1 fully saturated rings. The summed E-state index contributed by atoms with van der Waals surface area (Å²) in [5.74, 6) is 2.67. The molecule has 0 spiro atoms. The van der Waals surface area contributed by atoms with Crippen molar-refractivity contribution in [3.8, 4) is 11.5 Å². The van der Waals surface area contributed by atoms with Gasteiger partial charge in [-0.1, -0.05) is 6.92 Å². The van der Waals surface area contributed by atoms with Gasteiger partial charge in [0.25, 0.3) is 0 Å². The summed E-state index contributed by atoms with van der Waals surface area (Å²) in [5.41, 5.74) is 1.72. The Kier molecular flexibility index (Phi) is 1.76. The van der Waals surface area contributed by atoms with Gasteiger partial charge in [-0.3, -0.25) is 0 Å². The lowest BCUT2D eigenvalue weighted by Crippen LogP contribution is -2.43. The van der Waals surface area contributed by atoms with Crippen LogP contribution < -0.4 is 9.47 Å². The zero-order valence-electron chi connectivity index (χ0n) is 9.25. The highest BCUT2D eigenvalue weighted by atomic mass is 16.5. The molecule has 2 atom stereocenters. The average Bonchev–Trinajstić information content (AvgIpc) is 2.24. The molecule has 1 heterocycles. The minimum absolute atomic E-state index is 0.374. The van der Waals surface area contributed by atoms with Gasteiger partial charge in [-0.2, -0.15) is 0 Å². The molecule has 80 valence electrons. The van der Waals surface area contributed by atoms with E-state index >= 15 is 0 Å². The van der Waals surface area contributed by atoms with Crippen LogP contribution in [0.5, 0.6) is 11.5 Å². The normalized spacial score (nSPS) is 32.0. The smallest absolute Gasteiger partial charge is 0.123 e. The molecule has 0 bridgehead atoms. The van der Waals surface area contributed by atoms with E-state index in [1.165, 1.54) is 18.4 Å². The molecule has 15 heavy (non-hydrogen) atoms. The lowest BCUT2D eigenvalue weighted by atomic mass is 9.58. The van der Waals surface area contributed by atoms with Gasteiger partial charge in [0.05, 0.1) is 13.7 Å². The van der Waals surface area contributed by atoms with E-state index in [4.69, 9.17) is 9.47 Å². The second-order valence-electron chi connectivity index (χ2n) is 4.94. The molecule has 2 unspecified atom stereocenters. The van der Waals surface area contributed by atoms with E-state index in [1.54, 1.807) is 7.11 Å². The van der Waals surface area contributed by atoms with Crippen molar-refractivity contribution >= 4 is 0 Å². The van der Waals surface area contributed by atoms with Crippen molar-refractivity contribution < 1.29 is 9.47 Å². The molecular formula is C13H16O2. The van der Waals surface area contributed by atoms with E-state index in [-0.39, 0.29) is 0 Å². The lowest BCUT2D eigenvalue weighted by Gasteiger charge is -2.50. The number of rotatable bonds is 1. The maximum absolute atomic E-state index is 5.80. The highest BCUT2D eigenvalue weighted by Crippen LogP contribution is 2.57. The first-order valence-electron chi connectivity index (χ1n) is 5.54. The number of hydrogen-bond acceptors (Lipinski definition) is 2. The third-order valence-corrected chi connectivity index (χ3v) is 4.00. The van der Waals surface area contributed by atoms with E-state index in [9.17, 15) is 0 Å². The second kappa shape index (κ2) is 2.91. The Hall–Kier alpha value is -1.18. The van der Waals surface area contributed by atoms with Crippen LogP contribution in [0.25, 0.3) is 0 Å². The number of hydrogen-bond donors (Lipinski definition) is 0. The Morgan fingerprint density at radius 2 is 2.33 bits per heavy atom. The fourth-order valence-electron chi connectivity index (χ4n) is 2.79. The summed E-state index contributed by atoms with van der Waals surface area (Å²) in [5, 5.41) is 0. The quantitative estimate of drug-likeness (QED) is 0.700. The molecule has 1 aliphatic carbocycles. The molecule has 1 aromatic carbocycles. The van der Waals surface area contributed by atoms with Gasteiger partial charge in [-0.25, -0.2) is 0 Å². The number of methoxy groups -OCH3 is 1. The summed E-state index contributed by atoms with van der Waals surface area (Å²) in [6, 6.07) is 6.14. The molecule has 1 aromatic rings. The summed E-state index contributed by atoms with van der Waals surface area (Å²) in [6.07, 6.45) is 2.58. The molecule has 0 N–H and O–H groups in total. The van der Waals surface area contributed by atoms with Crippen LogP contribution in [-0.4, -0.2) is 13.7 Å². The summed E-state index contributed by atoms with van der Waals surface area (Å²) in [4.78, 5) is 0. The summed E-state index contributed by atoms with van der Waals surface area (Å²) < 4.78 is 11.1. The topological polar surface area (TPSA) is 18.5 Å².